The van der Waals surface area contributed by atoms with Crippen LogP contribution in [0.4, 0.5) is 0 Å². The van der Waals surface area contributed by atoms with Gasteiger partial charge in [-0.05, 0) is 88.0 Å². The molecule has 0 amide bonds. The molecule has 0 saturated carbocycles. The quantitative estimate of drug-likeness (QED) is 0.178. The molecule has 2 heterocycles. The van der Waals surface area contributed by atoms with Gasteiger partial charge in [-0.3, -0.25) is 0 Å². The Balaban J connectivity index is 1.23. The fourth-order valence-electron chi connectivity index (χ4n) is 7.81. The summed E-state index contributed by atoms with van der Waals surface area (Å²) in [5, 5.41) is 5.02. The van der Waals surface area contributed by atoms with Gasteiger partial charge in [0.2, 0.25) is 0 Å². The zero-order valence-electron chi connectivity index (χ0n) is 27.4. The lowest BCUT2D eigenvalue weighted by atomic mass is 9.99. The first-order valence-corrected chi connectivity index (χ1v) is 17.2. The van der Waals surface area contributed by atoms with Gasteiger partial charge >= 0.3 is 0 Å². The summed E-state index contributed by atoms with van der Waals surface area (Å²) in [5.74, 6) is 0. The SMILES string of the molecule is c1ccc(-c2cccc(-c3ccc(-n4c5ccc(-c6ccccc6)cc5c5c4ccc4c6ccccc6n(-c6ccccc6)c45)cc3)c2)cc1. The zero-order chi connectivity index (χ0) is 33.0. The lowest BCUT2D eigenvalue weighted by Crippen LogP contribution is -1.95. The Hall–Kier alpha value is -6.64. The van der Waals surface area contributed by atoms with E-state index in [1.807, 2.05) is 0 Å². The van der Waals surface area contributed by atoms with Crippen LogP contribution in [0.3, 0.4) is 0 Å². The average molecular weight is 637 g/mol. The van der Waals surface area contributed by atoms with Crippen molar-refractivity contribution in [3.63, 3.8) is 0 Å². The number of fused-ring (bicyclic) bond motifs is 7. The highest BCUT2D eigenvalue weighted by Gasteiger charge is 2.21. The van der Waals surface area contributed by atoms with Gasteiger partial charge in [0.15, 0.2) is 0 Å². The van der Waals surface area contributed by atoms with E-state index in [1.165, 1.54) is 77.0 Å². The number of para-hydroxylation sites is 2. The molecule has 0 saturated heterocycles. The molecule has 2 aromatic heterocycles. The highest BCUT2D eigenvalue weighted by molar-refractivity contribution is 6.26. The molecule has 0 aliphatic carbocycles. The van der Waals surface area contributed by atoms with Gasteiger partial charge in [-0.2, -0.15) is 0 Å². The molecule has 0 fully saturated rings. The summed E-state index contributed by atoms with van der Waals surface area (Å²) >= 11 is 0. The van der Waals surface area contributed by atoms with Crippen LogP contribution in [0.5, 0.6) is 0 Å². The van der Waals surface area contributed by atoms with Crippen molar-refractivity contribution in [1.29, 1.82) is 0 Å². The van der Waals surface area contributed by atoms with Gasteiger partial charge in [0.05, 0.1) is 22.1 Å². The minimum atomic E-state index is 1.14. The van der Waals surface area contributed by atoms with Crippen LogP contribution in [0.25, 0.3) is 88.4 Å². The van der Waals surface area contributed by atoms with Crippen LogP contribution in [0.2, 0.25) is 0 Å². The molecule has 234 valence electrons. The molecule has 2 nitrogen and oxygen atoms in total. The Morgan fingerprint density at radius 2 is 0.760 bits per heavy atom. The van der Waals surface area contributed by atoms with Crippen molar-refractivity contribution < 1.29 is 0 Å². The topological polar surface area (TPSA) is 9.86 Å². The van der Waals surface area contributed by atoms with Crippen LogP contribution < -0.4 is 0 Å². The lowest BCUT2D eigenvalue weighted by Gasteiger charge is -2.11. The van der Waals surface area contributed by atoms with Crippen LogP contribution in [0.15, 0.2) is 194 Å². The van der Waals surface area contributed by atoms with Crippen LogP contribution in [-0.2, 0) is 0 Å². The van der Waals surface area contributed by atoms with Gasteiger partial charge < -0.3 is 9.13 Å². The van der Waals surface area contributed by atoms with Crippen LogP contribution >= 0.6 is 0 Å². The Kier molecular flexibility index (Phi) is 6.53. The third kappa shape index (κ3) is 4.50. The molecule has 2 heteroatoms. The monoisotopic (exact) mass is 636 g/mol. The first-order chi connectivity index (χ1) is 24.8. The van der Waals surface area contributed by atoms with E-state index >= 15 is 0 Å². The second-order valence-electron chi connectivity index (χ2n) is 13.0. The fraction of sp³-hybridized carbons (Fsp3) is 0. The first kappa shape index (κ1) is 28.4. The molecule has 50 heavy (non-hydrogen) atoms. The Labute approximate surface area is 290 Å². The molecule has 0 N–H and O–H groups in total. The van der Waals surface area contributed by atoms with Gasteiger partial charge in [0.1, 0.15) is 0 Å². The van der Waals surface area contributed by atoms with Crippen molar-refractivity contribution in [1.82, 2.24) is 9.13 Å². The molecule has 8 aromatic carbocycles. The minimum Gasteiger partial charge on any atom is -0.309 e. The molecule has 0 aliphatic heterocycles. The molecule has 0 bridgehead atoms. The van der Waals surface area contributed by atoms with E-state index < -0.39 is 0 Å². The van der Waals surface area contributed by atoms with Crippen molar-refractivity contribution in [2.75, 3.05) is 0 Å². The zero-order valence-corrected chi connectivity index (χ0v) is 27.4. The first-order valence-electron chi connectivity index (χ1n) is 17.2. The summed E-state index contributed by atoms with van der Waals surface area (Å²) in [6, 6.07) is 70.3. The summed E-state index contributed by atoms with van der Waals surface area (Å²) in [4.78, 5) is 0. The van der Waals surface area contributed by atoms with E-state index in [1.54, 1.807) is 0 Å². The largest absolute Gasteiger partial charge is 0.309 e. The number of nitrogens with zero attached hydrogens (tertiary/aromatic N) is 2. The Morgan fingerprint density at radius 1 is 0.260 bits per heavy atom. The van der Waals surface area contributed by atoms with Gasteiger partial charge in [-0.1, -0.05) is 140 Å². The molecule has 0 aliphatic rings. The van der Waals surface area contributed by atoms with E-state index in [2.05, 4.69) is 203 Å². The predicted molar refractivity (Wildman–Crippen MR) is 211 cm³/mol. The van der Waals surface area contributed by atoms with Gasteiger partial charge in [-0.15, -0.1) is 0 Å². The van der Waals surface area contributed by atoms with Crippen LogP contribution in [0, 0.1) is 0 Å². The number of hydrogen-bond acceptors (Lipinski definition) is 0. The maximum Gasteiger partial charge on any atom is 0.0641 e. The lowest BCUT2D eigenvalue weighted by molar-refractivity contribution is 1.17. The summed E-state index contributed by atoms with van der Waals surface area (Å²) in [5.41, 5.74) is 14.4. The third-order valence-corrected chi connectivity index (χ3v) is 10.1. The molecule has 0 unspecified atom stereocenters. The maximum absolute atomic E-state index is 2.45. The summed E-state index contributed by atoms with van der Waals surface area (Å²) < 4.78 is 4.89. The fourth-order valence-corrected chi connectivity index (χ4v) is 7.81. The number of benzene rings is 8. The molecular formula is C48H32N2. The highest BCUT2D eigenvalue weighted by Crippen LogP contribution is 2.43. The molecule has 0 spiro atoms. The summed E-state index contributed by atoms with van der Waals surface area (Å²) in [7, 11) is 0. The van der Waals surface area contributed by atoms with E-state index in [0.717, 1.165) is 11.4 Å². The van der Waals surface area contributed by atoms with Crippen molar-refractivity contribution in [2.45, 2.75) is 0 Å². The average Bonchev–Trinajstić information content (AvgIpc) is 3.71. The molecule has 0 atom stereocenters. The van der Waals surface area contributed by atoms with Crippen LogP contribution in [-0.4, -0.2) is 9.13 Å². The highest BCUT2D eigenvalue weighted by atomic mass is 15.0. The van der Waals surface area contributed by atoms with Gasteiger partial charge in [-0.25, -0.2) is 0 Å². The van der Waals surface area contributed by atoms with Crippen LogP contribution in [0.1, 0.15) is 0 Å². The predicted octanol–water partition coefficient (Wildman–Crippen LogP) is 12.9. The Morgan fingerprint density at radius 3 is 1.46 bits per heavy atom. The normalized spacial score (nSPS) is 11.6. The molecule has 0 radical (unpaired) electrons. The molecule has 10 aromatic rings. The summed E-state index contributed by atoms with van der Waals surface area (Å²) in [6.45, 7) is 0. The minimum absolute atomic E-state index is 1.14. The van der Waals surface area contributed by atoms with E-state index in [9.17, 15) is 0 Å². The maximum atomic E-state index is 2.45. The van der Waals surface area contributed by atoms with Crippen molar-refractivity contribution in [2.24, 2.45) is 0 Å². The third-order valence-electron chi connectivity index (χ3n) is 10.1. The Bertz CT molecular complexity index is 2820. The number of rotatable bonds is 5. The van der Waals surface area contributed by atoms with Crippen molar-refractivity contribution in [3.8, 4) is 44.8 Å². The summed E-state index contributed by atoms with van der Waals surface area (Å²) in [6.07, 6.45) is 0. The van der Waals surface area contributed by atoms with Crippen molar-refractivity contribution in [3.05, 3.63) is 194 Å². The molecular weight excluding hydrogens is 605 g/mol. The van der Waals surface area contributed by atoms with Crippen molar-refractivity contribution >= 4 is 43.6 Å². The van der Waals surface area contributed by atoms with E-state index in [0.29, 0.717) is 0 Å². The van der Waals surface area contributed by atoms with Gasteiger partial charge in [0.25, 0.3) is 0 Å². The second kappa shape index (κ2) is 11.5. The second-order valence-corrected chi connectivity index (χ2v) is 13.0. The molecule has 10 rings (SSSR count). The van der Waals surface area contributed by atoms with Gasteiger partial charge in [0, 0.05) is 32.9 Å². The van der Waals surface area contributed by atoms with E-state index in [-0.39, 0.29) is 0 Å². The number of aromatic nitrogens is 2. The standard InChI is InChI=1S/C48H32N2/c1-4-13-33(14-5-1)36-17-12-18-37(31-36)35-23-26-40(27-24-35)49-45-29-25-38(34-15-6-2-7-16-34)32-43(45)47-46(49)30-28-42-41-21-10-11-22-44(41)50(48(42)47)39-19-8-3-9-20-39/h1-32H. The smallest absolute Gasteiger partial charge is 0.0641 e. The van der Waals surface area contributed by atoms with E-state index in [4.69, 9.17) is 0 Å². The number of hydrogen-bond donors (Lipinski definition) is 0.